The molecule has 0 heterocycles. The van der Waals surface area contributed by atoms with Gasteiger partial charge >= 0.3 is 0 Å². The molecule has 2 rings (SSSR count). The Morgan fingerprint density at radius 1 is 1.17 bits per heavy atom. The van der Waals surface area contributed by atoms with Crippen LogP contribution in [0.4, 0.5) is 4.39 Å². The minimum Gasteiger partial charge on any atom is -0.384 e. The predicted octanol–water partition coefficient (Wildman–Crippen LogP) is 4.79. The number of hydrogen-bond acceptors (Lipinski definition) is 1. The molecule has 18 heavy (non-hydrogen) atoms. The van der Waals surface area contributed by atoms with Gasteiger partial charge in [-0.3, -0.25) is 0 Å². The van der Waals surface area contributed by atoms with Gasteiger partial charge < -0.3 is 5.11 Å². The van der Waals surface area contributed by atoms with Gasteiger partial charge in [0, 0.05) is 10.6 Å². The summed E-state index contributed by atoms with van der Waals surface area (Å²) in [6, 6.07) is 4.51. The molecule has 0 bridgehead atoms. The van der Waals surface area contributed by atoms with Crippen molar-refractivity contribution in [2.45, 2.75) is 44.6 Å². The van der Waals surface area contributed by atoms with Crippen LogP contribution in [0.1, 0.15) is 50.2 Å². The molecule has 3 heteroatoms. The van der Waals surface area contributed by atoms with Gasteiger partial charge in [0.1, 0.15) is 11.9 Å². The van der Waals surface area contributed by atoms with Gasteiger partial charge in [0.05, 0.1) is 0 Å². The molecule has 0 fully saturated rings. The van der Waals surface area contributed by atoms with Gasteiger partial charge in [-0.2, -0.15) is 0 Å². The molecular formula is C15H18ClFO. The van der Waals surface area contributed by atoms with Crippen molar-refractivity contribution in [1.29, 1.82) is 0 Å². The number of rotatable bonds is 2. The van der Waals surface area contributed by atoms with Gasteiger partial charge in [-0.1, -0.05) is 36.6 Å². The van der Waals surface area contributed by atoms with Gasteiger partial charge in [0.2, 0.25) is 0 Å². The highest BCUT2D eigenvalue weighted by Gasteiger charge is 2.20. The van der Waals surface area contributed by atoms with Gasteiger partial charge in [-0.05, 0) is 43.4 Å². The third kappa shape index (κ3) is 3.12. The van der Waals surface area contributed by atoms with Crippen LogP contribution in [0.25, 0.3) is 0 Å². The highest BCUT2D eigenvalue weighted by Crippen LogP contribution is 2.33. The summed E-state index contributed by atoms with van der Waals surface area (Å²) in [5.74, 6) is -0.432. The van der Waals surface area contributed by atoms with Crippen LogP contribution < -0.4 is 0 Å². The first-order chi connectivity index (χ1) is 8.70. The summed E-state index contributed by atoms with van der Waals surface area (Å²) in [6.45, 7) is 0. The second-order valence-electron chi connectivity index (χ2n) is 4.77. The first kappa shape index (κ1) is 13.6. The normalized spacial score (nSPS) is 21.6. The van der Waals surface area contributed by atoms with E-state index in [1.54, 1.807) is 12.1 Å². The average molecular weight is 269 g/mol. The van der Waals surface area contributed by atoms with E-state index in [-0.39, 0.29) is 5.56 Å². The number of aliphatic hydroxyl groups is 1. The minimum atomic E-state index is -0.906. The Labute approximate surface area is 112 Å². The van der Waals surface area contributed by atoms with Crippen LogP contribution in [-0.4, -0.2) is 5.11 Å². The van der Waals surface area contributed by atoms with Crippen molar-refractivity contribution in [1.82, 2.24) is 0 Å². The van der Waals surface area contributed by atoms with E-state index in [1.165, 1.54) is 18.9 Å². The molecule has 1 atom stereocenters. The quantitative estimate of drug-likeness (QED) is 0.765. The molecule has 0 radical (unpaired) electrons. The fourth-order valence-corrected chi connectivity index (χ4v) is 2.69. The highest BCUT2D eigenvalue weighted by atomic mass is 35.5. The molecule has 1 aromatic rings. The van der Waals surface area contributed by atoms with E-state index >= 15 is 0 Å². The molecular weight excluding hydrogens is 251 g/mol. The summed E-state index contributed by atoms with van der Waals surface area (Å²) in [7, 11) is 0. The predicted molar refractivity (Wildman–Crippen MR) is 72.2 cm³/mol. The Bertz CT molecular complexity index is 422. The highest BCUT2D eigenvalue weighted by molar-refractivity contribution is 6.31. The second kappa shape index (κ2) is 6.35. The molecule has 0 spiro atoms. The van der Waals surface area contributed by atoms with Gasteiger partial charge in [0.15, 0.2) is 0 Å². The molecule has 0 saturated carbocycles. The Kier molecular flexibility index (Phi) is 4.79. The number of benzene rings is 1. The van der Waals surface area contributed by atoms with Crippen LogP contribution in [0.2, 0.25) is 5.02 Å². The Morgan fingerprint density at radius 2 is 1.94 bits per heavy atom. The maximum atomic E-state index is 13.8. The lowest BCUT2D eigenvalue weighted by molar-refractivity contribution is 0.204. The third-order valence-electron chi connectivity index (χ3n) is 3.45. The fraction of sp³-hybridized carbons (Fsp3) is 0.467. The number of allylic oxidation sites excluding steroid dienone is 1. The smallest absolute Gasteiger partial charge is 0.130 e. The number of hydrogen-bond donors (Lipinski definition) is 1. The monoisotopic (exact) mass is 268 g/mol. The van der Waals surface area contributed by atoms with Gasteiger partial charge in [0.25, 0.3) is 0 Å². The summed E-state index contributed by atoms with van der Waals surface area (Å²) in [6.07, 6.45) is 7.53. The molecule has 1 aliphatic carbocycles. The summed E-state index contributed by atoms with van der Waals surface area (Å²) >= 11 is 5.99. The number of halogens is 2. The van der Waals surface area contributed by atoms with E-state index < -0.39 is 11.9 Å². The van der Waals surface area contributed by atoms with Crippen molar-refractivity contribution >= 4 is 11.6 Å². The number of aliphatic hydroxyl groups excluding tert-OH is 1. The van der Waals surface area contributed by atoms with Crippen LogP contribution in [-0.2, 0) is 0 Å². The molecule has 1 unspecified atom stereocenters. The lowest BCUT2D eigenvalue weighted by Gasteiger charge is -2.19. The van der Waals surface area contributed by atoms with Crippen molar-refractivity contribution in [2.24, 2.45) is 0 Å². The molecule has 1 N–H and O–H groups in total. The Morgan fingerprint density at radius 3 is 2.72 bits per heavy atom. The average Bonchev–Trinajstić information content (AvgIpc) is 2.27. The first-order valence-corrected chi connectivity index (χ1v) is 6.89. The van der Waals surface area contributed by atoms with Crippen molar-refractivity contribution in [3.63, 3.8) is 0 Å². The van der Waals surface area contributed by atoms with Crippen molar-refractivity contribution in [3.05, 3.63) is 46.3 Å². The molecule has 98 valence electrons. The van der Waals surface area contributed by atoms with E-state index in [1.807, 2.05) is 6.08 Å². The van der Waals surface area contributed by atoms with Gasteiger partial charge in [-0.25, -0.2) is 4.39 Å². The molecule has 1 aliphatic rings. The fourth-order valence-electron chi connectivity index (χ4n) is 2.42. The summed E-state index contributed by atoms with van der Waals surface area (Å²) in [4.78, 5) is 0. The van der Waals surface area contributed by atoms with E-state index in [0.29, 0.717) is 5.02 Å². The zero-order valence-electron chi connectivity index (χ0n) is 10.3. The second-order valence-corrected chi connectivity index (χ2v) is 5.18. The van der Waals surface area contributed by atoms with E-state index in [9.17, 15) is 9.50 Å². The SMILES string of the molecule is OC(/C1=C/CCCCCC1)c1c(F)cccc1Cl. The largest absolute Gasteiger partial charge is 0.384 e. The van der Waals surface area contributed by atoms with E-state index in [0.717, 1.165) is 31.3 Å². The van der Waals surface area contributed by atoms with Gasteiger partial charge in [-0.15, -0.1) is 0 Å². The lowest BCUT2D eigenvalue weighted by atomic mass is 9.92. The zero-order valence-corrected chi connectivity index (χ0v) is 11.1. The third-order valence-corrected chi connectivity index (χ3v) is 3.78. The summed E-state index contributed by atoms with van der Waals surface area (Å²) < 4.78 is 13.8. The molecule has 0 aromatic heterocycles. The molecule has 1 nitrogen and oxygen atoms in total. The van der Waals surface area contributed by atoms with Crippen molar-refractivity contribution in [2.75, 3.05) is 0 Å². The minimum absolute atomic E-state index is 0.214. The van der Waals surface area contributed by atoms with Crippen LogP contribution >= 0.6 is 11.6 Å². The lowest BCUT2D eigenvalue weighted by Crippen LogP contribution is -2.06. The molecule has 1 aromatic carbocycles. The Hall–Kier alpha value is -0.860. The van der Waals surface area contributed by atoms with Crippen LogP contribution in [0.15, 0.2) is 29.8 Å². The van der Waals surface area contributed by atoms with E-state index in [2.05, 4.69) is 0 Å². The first-order valence-electron chi connectivity index (χ1n) is 6.51. The van der Waals surface area contributed by atoms with Crippen LogP contribution in [0, 0.1) is 5.82 Å². The zero-order chi connectivity index (χ0) is 13.0. The molecule has 0 saturated heterocycles. The molecule has 0 amide bonds. The van der Waals surface area contributed by atoms with Crippen molar-refractivity contribution in [3.8, 4) is 0 Å². The maximum Gasteiger partial charge on any atom is 0.130 e. The summed E-state index contributed by atoms with van der Waals surface area (Å²) in [5, 5.41) is 10.6. The standard InChI is InChI=1S/C15H18ClFO/c16-12-9-6-10-13(17)14(12)15(18)11-7-4-2-1-3-5-8-11/h6-7,9-10,15,18H,1-5,8H2/b11-7+. The topological polar surface area (TPSA) is 20.2 Å². The van der Waals surface area contributed by atoms with Crippen molar-refractivity contribution < 1.29 is 9.50 Å². The maximum absolute atomic E-state index is 13.8. The van der Waals surface area contributed by atoms with E-state index in [4.69, 9.17) is 11.6 Å². The Balaban J connectivity index is 2.26. The summed E-state index contributed by atoms with van der Waals surface area (Å²) in [5.41, 5.74) is 1.12. The van der Waals surface area contributed by atoms with Crippen LogP contribution in [0.5, 0.6) is 0 Å². The molecule has 0 aliphatic heterocycles. The van der Waals surface area contributed by atoms with Crippen LogP contribution in [0.3, 0.4) is 0 Å².